The Kier molecular flexibility index (Phi) is 24.8. The Morgan fingerprint density at radius 1 is 0.493 bits per heavy atom. The summed E-state index contributed by atoms with van der Waals surface area (Å²) in [5.41, 5.74) is 6.56. The molecule has 7 saturated carbocycles. The van der Waals surface area contributed by atoms with Gasteiger partial charge < -0.3 is 33.2 Å². The third-order valence-corrected chi connectivity index (χ3v) is 18.1. The average molecular weight is 1040 g/mol. The zero-order valence-corrected chi connectivity index (χ0v) is 49.2. The van der Waals surface area contributed by atoms with Crippen molar-refractivity contribution in [3.8, 4) is 11.1 Å². The molecule has 75 heavy (non-hydrogen) atoms. The molecule has 0 amide bonds. The van der Waals surface area contributed by atoms with Crippen LogP contribution in [-0.4, -0.2) is 76.4 Å². The first kappa shape index (κ1) is 61.2. The molecule has 5 saturated heterocycles. The standard InChI is InChI=1S/C14H12.C11H18.C8H14.C7H14.C6H12O2.C6H12O.C5H8O2.C5H10O.C4H6O3/c1-10-11-6-2-4-8-13(11)14-9-5-3-7-12(10)14;1-11-5-8-2-9(6-11)4-10(3-8)7-11;1-6-4-7-2-3-8(6)5-7;1-7-5-3-2-4-6-7;1-5-4-7-6(2,3)8-5;1-6-2-4-7-5-3-6;1-4-2-5(6)7-3-4;1-5-2-3-6-4-5;1-3-2-6-4(5)7-3/h2-10H,1H3;8-10H,2-7H2,1H3;6-8H,2-5H2,1H3;7H,2-6H2,1H3;5H,4H2,1-3H3;6H,2-5H2,1H3;4H,2-3H2,1H3;5H,2-4H2,1H3;3H,2H2,1H3. The Labute approximate surface area is 456 Å². The lowest BCUT2D eigenvalue weighted by molar-refractivity contribution is -0.138. The predicted octanol–water partition coefficient (Wildman–Crippen LogP) is 16.8. The summed E-state index contributed by atoms with van der Waals surface area (Å²) in [7, 11) is 0. The monoisotopic (exact) mass is 1040 g/mol. The molecular formula is C66H106O9. The third kappa shape index (κ3) is 21.0. The van der Waals surface area contributed by atoms with Crippen LogP contribution in [0.25, 0.3) is 11.1 Å². The summed E-state index contributed by atoms with van der Waals surface area (Å²) in [5, 5.41) is 0. The predicted molar refractivity (Wildman–Crippen MR) is 304 cm³/mol. The summed E-state index contributed by atoms with van der Waals surface area (Å²) < 4.78 is 34.3. The molecule has 6 bridgehead atoms. The third-order valence-electron chi connectivity index (χ3n) is 18.1. The van der Waals surface area contributed by atoms with Crippen LogP contribution in [0.4, 0.5) is 4.79 Å². The lowest BCUT2D eigenvalue weighted by atomic mass is 9.50. The summed E-state index contributed by atoms with van der Waals surface area (Å²) in [5.74, 6) is 10.2. The highest BCUT2D eigenvalue weighted by Crippen LogP contribution is 2.59. The van der Waals surface area contributed by atoms with Crippen molar-refractivity contribution in [1.82, 2.24) is 0 Å². The number of cyclic esters (lactones) is 3. The number of carbonyl (C=O) groups excluding carboxylic acids is 2. The number of hydrogen-bond acceptors (Lipinski definition) is 9. The van der Waals surface area contributed by atoms with Gasteiger partial charge in [-0.25, -0.2) is 4.79 Å². The molecule has 0 N–H and O–H groups in total. The fourth-order valence-corrected chi connectivity index (χ4v) is 14.2. The van der Waals surface area contributed by atoms with Gasteiger partial charge in [0.25, 0.3) is 0 Å². The number of hydrogen-bond donors (Lipinski definition) is 0. The summed E-state index contributed by atoms with van der Waals surface area (Å²) >= 11 is 0. The van der Waals surface area contributed by atoms with E-state index in [1.165, 1.54) is 73.6 Å². The Morgan fingerprint density at radius 3 is 1.32 bits per heavy atom. The lowest BCUT2D eigenvalue weighted by Crippen LogP contribution is -2.44. The van der Waals surface area contributed by atoms with Crippen molar-refractivity contribution >= 4 is 12.1 Å². The normalized spacial score (nSPS) is 33.9. The van der Waals surface area contributed by atoms with E-state index in [9.17, 15) is 9.59 Å². The first-order chi connectivity index (χ1) is 35.8. The van der Waals surface area contributed by atoms with Crippen molar-refractivity contribution in [2.45, 2.75) is 222 Å². The van der Waals surface area contributed by atoms with Gasteiger partial charge in [0.15, 0.2) is 5.79 Å². The zero-order valence-electron chi connectivity index (χ0n) is 49.2. The van der Waals surface area contributed by atoms with Gasteiger partial charge in [-0.05, 0) is 186 Å². The Bertz CT molecular complexity index is 1840. The number of benzene rings is 2. The topological polar surface area (TPSA) is 98.8 Å². The second-order valence-corrected chi connectivity index (χ2v) is 26.4. The van der Waals surface area contributed by atoms with E-state index in [0.717, 1.165) is 91.7 Å². The fourth-order valence-electron chi connectivity index (χ4n) is 14.2. The molecule has 12 fully saturated rings. The number of carbonyl (C=O) groups is 2. The van der Waals surface area contributed by atoms with Crippen molar-refractivity contribution in [3.05, 3.63) is 59.7 Å². The highest BCUT2D eigenvalue weighted by atomic mass is 16.8. The SMILES string of the molecule is CC12CC3CC(CC(C3)C1)C2.CC1CC2CCC1C2.CC1CCCCC1.CC1CCOC1.CC1CCOCC1.CC1COC(=O)C1.CC1COC(=O)O1.CC1COC(C)(C)O1.CC1c2ccccc2-c2ccccc21. The molecule has 15 rings (SSSR count). The van der Waals surface area contributed by atoms with Crippen molar-refractivity contribution in [2.75, 3.05) is 46.2 Å². The Hall–Kier alpha value is -2.98. The first-order valence-corrected chi connectivity index (χ1v) is 30.5. The molecule has 0 spiro atoms. The van der Waals surface area contributed by atoms with E-state index in [1.807, 2.05) is 27.7 Å². The maximum atomic E-state index is 10.2. The van der Waals surface area contributed by atoms with E-state index in [2.05, 4.69) is 104 Å². The van der Waals surface area contributed by atoms with Crippen LogP contribution in [0.2, 0.25) is 0 Å². The Balaban J connectivity index is 0.000000139. The molecule has 5 heterocycles. The Morgan fingerprint density at radius 2 is 1.05 bits per heavy atom. The van der Waals surface area contributed by atoms with Crippen molar-refractivity contribution in [3.63, 3.8) is 0 Å². The van der Waals surface area contributed by atoms with Gasteiger partial charge in [-0.15, -0.1) is 0 Å². The van der Waals surface area contributed by atoms with Crippen molar-refractivity contribution in [1.29, 1.82) is 0 Å². The van der Waals surface area contributed by atoms with Crippen LogP contribution in [0.15, 0.2) is 48.5 Å². The molecule has 7 unspecified atom stereocenters. The van der Waals surface area contributed by atoms with E-state index < -0.39 is 6.16 Å². The summed E-state index contributed by atoms with van der Waals surface area (Å²) in [6, 6.07) is 17.4. The summed E-state index contributed by atoms with van der Waals surface area (Å²) in [6.07, 6.45) is 27.2. The van der Waals surface area contributed by atoms with Crippen LogP contribution in [0.1, 0.15) is 215 Å². The van der Waals surface area contributed by atoms with Crippen LogP contribution >= 0.6 is 0 Å². The van der Waals surface area contributed by atoms with E-state index in [0.29, 0.717) is 31.5 Å². The van der Waals surface area contributed by atoms with E-state index in [1.54, 1.807) is 71.1 Å². The molecule has 7 atom stereocenters. The first-order valence-electron chi connectivity index (χ1n) is 30.5. The molecule has 9 nitrogen and oxygen atoms in total. The van der Waals surface area contributed by atoms with E-state index in [-0.39, 0.29) is 24.0 Å². The van der Waals surface area contributed by atoms with Gasteiger partial charge in [-0.1, -0.05) is 136 Å². The van der Waals surface area contributed by atoms with Crippen molar-refractivity contribution < 1.29 is 42.7 Å². The smallest absolute Gasteiger partial charge is 0.465 e. The second kappa shape index (κ2) is 30.4. The van der Waals surface area contributed by atoms with Gasteiger partial charge in [-0.3, -0.25) is 4.79 Å². The zero-order chi connectivity index (χ0) is 54.0. The second-order valence-electron chi connectivity index (χ2n) is 26.4. The maximum Gasteiger partial charge on any atom is 0.508 e. The highest BCUT2D eigenvalue weighted by Gasteiger charge is 2.48. The van der Waals surface area contributed by atoms with Crippen LogP contribution in [0, 0.1) is 64.6 Å². The van der Waals surface area contributed by atoms with Crippen LogP contribution in [0.5, 0.6) is 0 Å². The summed E-state index contributed by atoms with van der Waals surface area (Å²) in [6.45, 7) is 29.5. The highest BCUT2D eigenvalue weighted by molar-refractivity contribution is 5.78. The van der Waals surface area contributed by atoms with E-state index >= 15 is 0 Å². The minimum absolute atomic E-state index is 0.0486. The van der Waals surface area contributed by atoms with Crippen LogP contribution in [0.3, 0.4) is 0 Å². The van der Waals surface area contributed by atoms with Gasteiger partial charge in [0, 0.05) is 38.3 Å². The number of fused-ring (bicyclic) bond motifs is 5. The lowest BCUT2D eigenvalue weighted by Gasteiger charge is -2.55. The fraction of sp³-hybridized carbons (Fsp3) is 0.788. The number of esters is 1. The molecule has 2 aromatic rings. The average Bonchev–Trinajstić information content (AvgIpc) is 4.28. The van der Waals surface area contributed by atoms with Gasteiger partial charge >= 0.3 is 12.1 Å². The quantitative estimate of drug-likeness (QED) is 0.239. The molecule has 13 aliphatic rings. The van der Waals surface area contributed by atoms with E-state index in [4.69, 9.17) is 18.9 Å². The number of ether oxygens (including phenoxy) is 7. The molecule has 2 aromatic carbocycles. The maximum absolute atomic E-state index is 10.2. The van der Waals surface area contributed by atoms with Gasteiger partial charge in [0.05, 0.1) is 25.7 Å². The number of rotatable bonds is 0. The minimum atomic E-state index is -0.549. The molecule has 5 aliphatic heterocycles. The van der Waals surface area contributed by atoms with Crippen LogP contribution < -0.4 is 0 Å². The van der Waals surface area contributed by atoms with Crippen molar-refractivity contribution in [2.24, 2.45) is 64.6 Å². The van der Waals surface area contributed by atoms with Gasteiger partial charge in [-0.2, -0.15) is 0 Å². The van der Waals surface area contributed by atoms with Crippen LogP contribution in [-0.2, 0) is 38.0 Å². The molecule has 0 radical (unpaired) electrons. The molecular weight excluding hydrogens is 937 g/mol. The molecule has 8 aliphatic carbocycles. The molecule has 424 valence electrons. The van der Waals surface area contributed by atoms with Gasteiger partial charge in [0.1, 0.15) is 12.7 Å². The van der Waals surface area contributed by atoms with Gasteiger partial charge in [0.2, 0.25) is 0 Å². The molecule has 0 aromatic heterocycles. The largest absolute Gasteiger partial charge is 0.508 e. The molecule has 9 heteroatoms. The minimum Gasteiger partial charge on any atom is -0.465 e. The summed E-state index contributed by atoms with van der Waals surface area (Å²) in [4.78, 5) is 20.2.